The normalized spacial score (nSPS) is 19.2. The minimum absolute atomic E-state index is 0.182. The lowest BCUT2D eigenvalue weighted by molar-refractivity contribution is 0.0465. The molecule has 25 heavy (non-hydrogen) atoms. The van der Waals surface area contributed by atoms with Crippen LogP contribution in [0.15, 0.2) is 18.3 Å². The van der Waals surface area contributed by atoms with E-state index in [-0.39, 0.29) is 5.91 Å². The number of imidazole rings is 1. The Hall–Kier alpha value is -1.66. The number of likely N-dealkylation sites (tertiary alicyclic amines) is 1. The molecular formula is C19H25N3O2S. The van der Waals surface area contributed by atoms with E-state index in [1.807, 2.05) is 30.2 Å². The molecule has 0 radical (unpaired) electrons. The number of carbonyl (C=O) groups is 1. The van der Waals surface area contributed by atoms with E-state index in [4.69, 9.17) is 4.74 Å². The van der Waals surface area contributed by atoms with Crippen LogP contribution in [0, 0.1) is 19.8 Å². The molecule has 0 unspecified atom stereocenters. The van der Waals surface area contributed by atoms with Crippen molar-refractivity contribution in [1.82, 2.24) is 14.5 Å². The summed E-state index contributed by atoms with van der Waals surface area (Å²) in [5, 5.41) is 0. The Morgan fingerprint density at radius 3 is 2.72 bits per heavy atom. The molecule has 0 saturated carbocycles. The number of ether oxygens (including phenoxy) is 1. The first-order chi connectivity index (χ1) is 12.1. The van der Waals surface area contributed by atoms with Crippen molar-refractivity contribution < 1.29 is 9.53 Å². The van der Waals surface area contributed by atoms with Gasteiger partial charge in [-0.15, -0.1) is 11.3 Å². The van der Waals surface area contributed by atoms with Crippen LogP contribution in [0.3, 0.4) is 0 Å². The molecule has 0 bridgehead atoms. The molecule has 5 nitrogen and oxygen atoms in total. The Bertz CT molecular complexity index is 755. The van der Waals surface area contributed by atoms with Crippen LogP contribution in [0.5, 0.6) is 0 Å². The standard InChI is InChI=1S/C19H25N3O2S/c1-13-9-20-18(16-5-7-24-8-6-16)22(13)12-15-10-21(11-15)19(23)17-4-3-14(2)25-17/h3-4,9,15-16H,5-8,10-12H2,1-2H3. The summed E-state index contributed by atoms with van der Waals surface area (Å²) in [5.74, 6) is 2.42. The largest absolute Gasteiger partial charge is 0.381 e. The molecule has 4 heterocycles. The summed E-state index contributed by atoms with van der Waals surface area (Å²) in [5.41, 5.74) is 1.22. The van der Waals surface area contributed by atoms with Crippen molar-refractivity contribution in [1.29, 1.82) is 0 Å². The predicted molar refractivity (Wildman–Crippen MR) is 98.2 cm³/mol. The van der Waals surface area contributed by atoms with Gasteiger partial charge in [0, 0.05) is 61.5 Å². The van der Waals surface area contributed by atoms with E-state index in [9.17, 15) is 4.79 Å². The second-order valence-electron chi connectivity index (χ2n) is 7.24. The molecule has 2 aromatic rings. The predicted octanol–water partition coefficient (Wildman–Crippen LogP) is 3.23. The highest BCUT2D eigenvalue weighted by Crippen LogP contribution is 2.29. The van der Waals surface area contributed by atoms with Gasteiger partial charge in [-0.3, -0.25) is 4.79 Å². The third-order valence-corrected chi connectivity index (χ3v) is 6.30. The first-order valence-corrected chi connectivity index (χ1v) is 9.89. The molecule has 4 rings (SSSR count). The van der Waals surface area contributed by atoms with Crippen LogP contribution in [-0.2, 0) is 11.3 Å². The monoisotopic (exact) mass is 359 g/mol. The summed E-state index contributed by atoms with van der Waals surface area (Å²) < 4.78 is 7.86. The van der Waals surface area contributed by atoms with Crippen LogP contribution in [0.1, 0.15) is 44.8 Å². The second-order valence-corrected chi connectivity index (χ2v) is 8.53. The highest BCUT2D eigenvalue weighted by molar-refractivity contribution is 7.13. The average molecular weight is 359 g/mol. The number of hydrogen-bond acceptors (Lipinski definition) is 4. The molecule has 0 atom stereocenters. The summed E-state index contributed by atoms with van der Waals surface area (Å²) in [7, 11) is 0. The summed E-state index contributed by atoms with van der Waals surface area (Å²) in [4.78, 5) is 21.2. The Kier molecular flexibility index (Phi) is 4.65. The third kappa shape index (κ3) is 3.37. The van der Waals surface area contributed by atoms with Gasteiger partial charge in [-0.05, 0) is 38.8 Å². The van der Waals surface area contributed by atoms with E-state index in [1.165, 1.54) is 16.4 Å². The summed E-state index contributed by atoms with van der Waals surface area (Å²) in [6.07, 6.45) is 4.10. The van der Waals surface area contributed by atoms with Crippen LogP contribution < -0.4 is 0 Å². The summed E-state index contributed by atoms with van der Waals surface area (Å²) in [6, 6.07) is 3.96. The highest BCUT2D eigenvalue weighted by atomic mass is 32.1. The van der Waals surface area contributed by atoms with Gasteiger partial charge < -0.3 is 14.2 Å². The number of nitrogens with zero attached hydrogens (tertiary/aromatic N) is 3. The lowest BCUT2D eigenvalue weighted by Crippen LogP contribution is -2.51. The first kappa shape index (κ1) is 16.8. The molecule has 2 aliphatic heterocycles. The van der Waals surface area contributed by atoms with Crippen molar-refractivity contribution in [3.8, 4) is 0 Å². The Morgan fingerprint density at radius 1 is 1.28 bits per heavy atom. The molecule has 0 aliphatic carbocycles. The van der Waals surface area contributed by atoms with Gasteiger partial charge in [0.05, 0.1) is 4.88 Å². The molecule has 2 fully saturated rings. The molecule has 1 amide bonds. The van der Waals surface area contributed by atoms with Crippen LogP contribution >= 0.6 is 11.3 Å². The van der Waals surface area contributed by atoms with Crippen molar-refractivity contribution in [2.75, 3.05) is 26.3 Å². The molecule has 0 aromatic carbocycles. The van der Waals surface area contributed by atoms with Crippen molar-refractivity contribution in [2.45, 2.75) is 39.2 Å². The van der Waals surface area contributed by atoms with Crippen LogP contribution in [0.2, 0.25) is 0 Å². The maximum Gasteiger partial charge on any atom is 0.263 e. The molecule has 0 spiro atoms. The Balaban J connectivity index is 1.38. The fraction of sp³-hybridized carbons (Fsp3) is 0.579. The number of hydrogen-bond donors (Lipinski definition) is 0. The SMILES string of the molecule is Cc1ccc(C(=O)N2CC(Cn3c(C)cnc3C3CCOCC3)C2)s1. The molecule has 2 saturated heterocycles. The molecule has 0 N–H and O–H groups in total. The van der Waals surface area contributed by atoms with Gasteiger partial charge in [0.2, 0.25) is 0 Å². The second kappa shape index (κ2) is 6.92. The van der Waals surface area contributed by atoms with Gasteiger partial charge in [0.1, 0.15) is 5.82 Å². The molecule has 134 valence electrons. The quantitative estimate of drug-likeness (QED) is 0.842. The summed E-state index contributed by atoms with van der Waals surface area (Å²) >= 11 is 1.59. The minimum atomic E-state index is 0.182. The van der Waals surface area contributed by atoms with E-state index in [1.54, 1.807) is 11.3 Å². The van der Waals surface area contributed by atoms with E-state index in [0.29, 0.717) is 11.8 Å². The maximum absolute atomic E-state index is 12.5. The van der Waals surface area contributed by atoms with E-state index in [0.717, 1.165) is 50.6 Å². The van der Waals surface area contributed by atoms with Crippen molar-refractivity contribution in [3.05, 3.63) is 39.6 Å². The van der Waals surface area contributed by atoms with Crippen LogP contribution in [0.25, 0.3) is 0 Å². The Morgan fingerprint density at radius 2 is 2.04 bits per heavy atom. The van der Waals surface area contributed by atoms with Crippen molar-refractivity contribution >= 4 is 17.2 Å². The zero-order valence-corrected chi connectivity index (χ0v) is 15.7. The fourth-order valence-corrected chi connectivity index (χ4v) is 4.65. The first-order valence-electron chi connectivity index (χ1n) is 9.07. The number of thiophene rings is 1. The van der Waals surface area contributed by atoms with Crippen molar-refractivity contribution in [2.24, 2.45) is 5.92 Å². The lowest BCUT2D eigenvalue weighted by Gasteiger charge is -2.40. The number of aromatic nitrogens is 2. The zero-order valence-electron chi connectivity index (χ0n) is 14.9. The smallest absolute Gasteiger partial charge is 0.263 e. The number of carbonyl (C=O) groups excluding carboxylic acids is 1. The van der Waals surface area contributed by atoms with Gasteiger partial charge >= 0.3 is 0 Å². The minimum Gasteiger partial charge on any atom is -0.381 e. The maximum atomic E-state index is 12.5. The van der Waals surface area contributed by atoms with Crippen LogP contribution in [-0.4, -0.2) is 46.7 Å². The van der Waals surface area contributed by atoms with E-state index >= 15 is 0 Å². The zero-order chi connectivity index (χ0) is 17.4. The van der Waals surface area contributed by atoms with Gasteiger partial charge in [0.15, 0.2) is 0 Å². The van der Waals surface area contributed by atoms with E-state index < -0.39 is 0 Å². The number of aryl methyl sites for hydroxylation is 2. The highest BCUT2D eigenvalue weighted by Gasteiger charge is 2.33. The topological polar surface area (TPSA) is 47.4 Å². The third-order valence-electron chi connectivity index (χ3n) is 5.31. The van der Waals surface area contributed by atoms with Gasteiger partial charge in [-0.25, -0.2) is 4.98 Å². The molecule has 2 aliphatic rings. The van der Waals surface area contributed by atoms with E-state index in [2.05, 4.69) is 16.5 Å². The van der Waals surface area contributed by atoms with Crippen molar-refractivity contribution in [3.63, 3.8) is 0 Å². The summed E-state index contributed by atoms with van der Waals surface area (Å²) in [6.45, 7) is 8.50. The molecule has 2 aromatic heterocycles. The van der Waals surface area contributed by atoms with Gasteiger partial charge in [-0.2, -0.15) is 0 Å². The molecule has 6 heteroatoms. The number of rotatable bonds is 4. The molecular weight excluding hydrogens is 334 g/mol. The van der Waals surface area contributed by atoms with Gasteiger partial charge in [0.25, 0.3) is 5.91 Å². The van der Waals surface area contributed by atoms with Gasteiger partial charge in [-0.1, -0.05) is 0 Å². The van der Waals surface area contributed by atoms with Crippen LogP contribution in [0.4, 0.5) is 0 Å². The fourth-order valence-electron chi connectivity index (χ4n) is 3.81. The Labute approximate surface area is 152 Å². The number of amides is 1. The lowest BCUT2D eigenvalue weighted by atomic mass is 9.97. The average Bonchev–Trinajstić information content (AvgIpc) is 3.17.